The first-order chi connectivity index (χ1) is 22.2. The molecule has 0 unspecified atom stereocenters. The van der Waals surface area contributed by atoms with Crippen molar-refractivity contribution in [2.24, 2.45) is 0 Å². The largest absolute Gasteiger partial charge is 0.455 e. The second-order valence-corrected chi connectivity index (χ2v) is 13.0. The van der Waals surface area contributed by atoms with Crippen LogP contribution >= 0.6 is 34.0 Å². The van der Waals surface area contributed by atoms with Crippen molar-refractivity contribution in [1.29, 1.82) is 0 Å². The van der Waals surface area contributed by atoms with E-state index in [9.17, 15) is 14.4 Å². The number of esters is 1. The first-order valence-electron chi connectivity index (χ1n) is 14.2. The van der Waals surface area contributed by atoms with Crippen LogP contribution in [0.4, 0.5) is 21.1 Å². The van der Waals surface area contributed by atoms with Crippen molar-refractivity contribution in [3.8, 4) is 0 Å². The number of nitrogens with two attached hydrogens (primary N) is 3. The number of carbonyl (C=O) groups is 3. The van der Waals surface area contributed by atoms with Crippen molar-refractivity contribution >= 4 is 72.9 Å². The highest BCUT2D eigenvalue weighted by Crippen LogP contribution is 2.23. The summed E-state index contributed by atoms with van der Waals surface area (Å²) in [6.45, 7) is 0.474. The van der Waals surface area contributed by atoms with Gasteiger partial charge < -0.3 is 32.2 Å². The fourth-order valence-corrected chi connectivity index (χ4v) is 6.30. The molecular formula is C31H32N8O4S3. The molecule has 12 nitrogen and oxygen atoms in total. The normalized spacial score (nSPS) is 11.6. The van der Waals surface area contributed by atoms with Crippen molar-refractivity contribution in [2.75, 3.05) is 35.6 Å². The number of thiazole rings is 3. The zero-order chi connectivity index (χ0) is 32.5. The van der Waals surface area contributed by atoms with Crippen molar-refractivity contribution in [2.45, 2.75) is 31.8 Å². The number of nitrogen functional groups attached to an aromatic ring is 3. The van der Waals surface area contributed by atoms with E-state index in [1.54, 1.807) is 21.0 Å². The van der Waals surface area contributed by atoms with Gasteiger partial charge in [-0.15, -0.1) is 34.0 Å². The number of benzene rings is 2. The number of hydrogen-bond donors (Lipinski definition) is 4. The van der Waals surface area contributed by atoms with E-state index in [2.05, 4.69) is 20.3 Å². The highest BCUT2D eigenvalue weighted by molar-refractivity contribution is 7.14. The van der Waals surface area contributed by atoms with Crippen LogP contribution in [0.2, 0.25) is 0 Å². The minimum atomic E-state index is -0.722. The third-order valence-electron chi connectivity index (χ3n) is 6.80. The Morgan fingerprint density at radius 1 is 0.761 bits per heavy atom. The quantitative estimate of drug-likeness (QED) is 0.124. The second-order valence-electron chi connectivity index (χ2n) is 10.3. The number of anilines is 4. The second kappa shape index (κ2) is 15.4. The summed E-state index contributed by atoms with van der Waals surface area (Å²) in [6.07, 6.45) is -0.0621. The Hall–Kier alpha value is -4.86. The summed E-state index contributed by atoms with van der Waals surface area (Å²) < 4.78 is 5.94. The van der Waals surface area contributed by atoms with Gasteiger partial charge in [-0.25, -0.2) is 15.0 Å². The summed E-state index contributed by atoms with van der Waals surface area (Å²) in [5, 5.41) is 9.28. The number of hydrogen-bond acceptors (Lipinski definition) is 13. The van der Waals surface area contributed by atoms with Crippen LogP contribution in [0, 0.1) is 0 Å². The Kier molecular flexibility index (Phi) is 10.9. The van der Waals surface area contributed by atoms with Gasteiger partial charge in [-0.3, -0.25) is 14.4 Å². The van der Waals surface area contributed by atoms with Crippen LogP contribution in [-0.4, -0.2) is 50.7 Å². The van der Waals surface area contributed by atoms with Gasteiger partial charge in [-0.2, -0.15) is 0 Å². The lowest BCUT2D eigenvalue weighted by Gasteiger charge is -2.28. The van der Waals surface area contributed by atoms with Gasteiger partial charge in [0.2, 0.25) is 11.8 Å². The molecule has 3 aromatic heterocycles. The number of carbonyl (C=O) groups excluding carboxylic acids is 3. The van der Waals surface area contributed by atoms with Gasteiger partial charge in [0.1, 0.15) is 6.10 Å². The molecule has 5 rings (SSSR count). The number of nitrogens with one attached hydrogen (secondary N) is 1. The Labute approximate surface area is 277 Å². The van der Waals surface area contributed by atoms with E-state index in [1.165, 1.54) is 34.0 Å². The van der Waals surface area contributed by atoms with E-state index in [0.717, 1.165) is 11.1 Å². The van der Waals surface area contributed by atoms with Crippen LogP contribution in [0.25, 0.3) is 0 Å². The van der Waals surface area contributed by atoms with E-state index in [-0.39, 0.29) is 37.6 Å². The van der Waals surface area contributed by atoms with Crippen LogP contribution in [0.1, 0.15) is 34.3 Å². The van der Waals surface area contributed by atoms with Crippen molar-refractivity contribution in [1.82, 2.24) is 19.9 Å². The molecule has 2 amide bonds. The summed E-state index contributed by atoms with van der Waals surface area (Å²) in [5.74, 6) is -0.854. The Morgan fingerprint density at radius 2 is 1.33 bits per heavy atom. The van der Waals surface area contributed by atoms with E-state index in [1.807, 2.05) is 54.6 Å². The lowest BCUT2D eigenvalue weighted by Crippen LogP contribution is -2.38. The molecule has 0 aliphatic carbocycles. The Morgan fingerprint density at radius 3 is 1.89 bits per heavy atom. The van der Waals surface area contributed by atoms with Gasteiger partial charge in [0.25, 0.3) is 0 Å². The molecule has 7 N–H and O–H groups in total. The number of rotatable bonds is 14. The monoisotopic (exact) mass is 676 g/mol. The van der Waals surface area contributed by atoms with Crippen molar-refractivity contribution in [3.63, 3.8) is 0 Å². The highest BCUT2D eigenvalue weighted by Gasteiger charge is 2.25. The number of aromatic nitrogens is 3. The van der Waals surface area contributed by atoms with E-state index in [0.29, 0.717) is 51.1 Å². The molecule has 5 aromatic rings. The molecule has 0 spiro atoms. The van der Waals surface area contributed by atoms with Crippen LogP contribution < -0.4 is 22.5 Å². The average molecular weight is 677 g/mol. The zero-order valence-electron chi connectivity index (χ0n) is 24.6. The van der Waals surface area contributed by atoms with Crippen molar-refractivity contribution in [3.05, 3.63) is 98.9 Å². The summed E-state index contributed by atoms with van der Waals surface area (Å²) in [6, 6.07) is 16.7. The number of nitrogens with zero attached hydrogens (tertiary/aromatic N) is 4. The SMILES string of the molecule is Nc1nc(CC(=O)Nc2ccc(CCN(C[C@H](OC(=O)Cc3csc(N)n3)c3ccccc3)C(=O)Cc3csc(N)n3)cc2)cs1. The molecule has 0 saturated heterocycles. The molecule has 46 heavy (non-hydrogen) atoms. The molecule has 0 radical (unpaired) electrons. The fourth-order valence-electron chi connectivity index (χ4n) is 4.61. The van der Waals surface area contributed by atoms with Crippen LogP contribution in [0.5, 0.6) is 0 Å². The van der Waals surface area contributed by atoms with Crippen molar-refractivity contribution < 1.29 is 19.1 Å². The summed E-state index contributed by atoms with van der Waals surface area (Å²) >= 11 is 3.81. The fraction of sp³-hybridized carbons (Fsp3) is 0.226. The zero-order valence-corrected chi connectivity index (χ0v) is 27.1. The maximum atomic E-state index is 13.6. The molecule has 0 aliphatic rings. The van der Waals surface area contributed by atoms with Crippen LogP contribution in [-0.2, 0) is 44.8 Å². The summed E-state index contributed by atoms with van der Waals surface area (Å²) in [7, 11) is 0. The van der Waals surface area contributed by atoms with Crippen LogP contribution in [0.15, 0.2) is 70.7 Å². The molecule has 0 fully saturated rings. The molecule has 1 atom stereocenters. The van der Waals surface area contributed by atoms with E-state index < -0.39 is 12.1 Å². The van der Waals surface area contributed by atoms with Gasteiger partial charge in [-0.05, 0) is 29.7 Å². The molecule has 0 bridgehead atoms. The first-order valence-corrected chi connectivity index (χ1v) is 16.8. The summed E-state index contributed by atoms with van der Waals surface area (Å²) in [4.78, 5) is 53.3. The topological polar surface area (TPSA) is 192 Å². The highest BCUT2D eigenvalue weighted by atomic mass is 32.1. The molecular weight excluding hydrogens is 645 g/mol. The minimum Gasteiger partial charge on any atom is -0.455 e. The van der Waals surface area contributed by atoms with Gasteiger partial charge in [0.05, 0.1) is 42.9 Å². The smallest absolute Gasteiger partial charge is 0.312 e. The summed E-state index contributed by atoms with van der Waals surface area (Å²) in [5.41, 5.74) is 21.3. The third kappa shape index (κ3) is 9.57. The van der Waals surface area contributed by atoms with E-state index >= 15 is 0 Å². The predicted octanol–water partition coefficient (Wildman–Crippen LogP) is 4.12. The Bertz CT molecular complexity index is 1770. The lowest BCUT2D eigenvalue weighted by molar-refractivity contribution is -0.152. The molecule has 3 heterocycles. The number of amides is 2. The van der Waals surface area contributed by atoms with Gasteiger partial charge in [-0.1, -0.05) is 42.5 Å². The third-order valence-corrected chi connectivity index (χ3v) is 8.97. The van der Waals surface area contributed by atoms with Gasteiger partial charge in [0.15, 0.2) is 15.4 Å². The maximum Gasteiger partial charge on any atom is 0.312 e. The minimum absolute atomic E-state index is 0.0379. The molecule has 2 aromatic carbocycles. The van der Waals surface area contributed by atoms with Gasteiger partial charge in [0, 0.05) is 28.4 Å². The van der Waals surface area contributed by atoms with Crippen LogP contribution in [0.3, 0.4) is 0 Å². The molecule has 15 heteroatoms. The maximum absolute atomic E-state index is 13.6. The number of ether oxygens (including phenoxy) is 1. The standard InChI is InChI=1S/C31H32N8O4S3/c32-29-36-22(16-44-29)12-26(40)35-21-8-6-19(7-9-21)10-11-39(27(41)13-23-17-45-30(33)37-23)15-25(20-4-2-1-3-5-20)43-28(42)14-24-18-46-31(34)38-24/h1-9,16-18,25H,10-15H2,(H2,32,36)(H2,33,37)(H2,34,38)(H,35,40)/t25-/m0/s1. The average Bonchev–Trinajstić information content (AvgIpc) is 3.76. The molecule has 238 valence electrons. The van der Waals surface area contributed by atoms with Gasteiger partial charge >= 0.3 is 5.97 Å². The Balaban J connectivity index is 1.27. The molecule has 0 aliphatic heterocycles. The van der Waals surface area contributed by atoms with E-state index in [4.69, 9.17) is 21.9 Å². The predicted molar refractivity (Wildman–Crippen MR) is 181 cm³/mol. The lowest BCUT2D eigenvalue weighted by atomic mass is 10.1. The molecule has 0 saturated carbocycles. The first kappa shape index (κ1) is 32.5.